The Bertz CT molecular complexity index is 565. The number of hydrogen-bond donors (Lipinski definition) is 2. The van der Waals surface area contributed by atoms with Crippen LogP contribution in [0.25, 0.3) is 0 Å². The summed E-state index contributed by atoms with van der Waals surface area (Å²) < 4.78 is 28.4. The van der Waals surface area contributed by atoms with Gasteiger partial charge < -0.3 is 15.6 Å². The number of nitrogens with two attached hydrogens (primary N) is 1. The molecule has 6 nitrogen and oxygen atoms in total. The molecule has 0 spiro atoms. The fourth-order valence-corrected chi connectivity index (χ4v) is 2.11. The van der Waals surface area contributed by atoms with Crippen LogP contribution in [0.5, 0.6) is 5.75 Å². The molecule has 0 aliphatic carbocycles. The van der Waals surface area contributed by atoms with Gasteiger partial charge >= 0.3 is 5.97 Å². The van der Waals surface area contributed by atoms with Crippen molar-refractivity contribution in [3.05, 3.63) is 23.8 Å². The van der Waals surface area contributed by atoms with Crippen molar-refractivity contribution < 1.29 is 23.1 Å². The molecular formula is C12H17NO5S. The summed E-state index contributed by atoms with van der Waals surface area (Å²) in [5.41, 5.74) is 5.56. The third-order valence-electron chi connectivity index (χ3n) is 2.61. The number of carbonyl (C=O) groups is 1. The summed E-state index contributed by atoms with van der Waals surface area (Å²) in [7, 11) is -3.17. The lowest BCUT2D eigenvalue weighted by Gasteiger charge is -2.10. The van der Waals surface area contributed by atoms with Crippen LogP contribution in [0.2, 0.25) is 0 Å². The van der Waals surface area contributed by atoms with Crippen molar-refractivity contribution in [3.63, 3.8) is 0 Å². The van der Waals surface area contributed by atoms with Gasteiger partial charge in [0.1, 0.15) is 12.4 Å². The number of carboxylic acid groups (broad SMARTS) is 1. The molecule has 0 atom stereocenters. The van der Waals surface area contributed by atoms with Crippen molar-refractivity contribution in [1.29, 1.82) is 0 Å². The molecule has 0 fully saturated rings. The molecule has 0 bridgehead atoms. The van der Waals surface area contributed by atoms with Gasteiger partial charge in [-0.2, -0.15) is 0 Å². The lowest BCUT2D eigenvalue weighted by molar-refractivity contribution is 0.0697. The van der Waals surface area contributed by atoms with Gasteiger partial charge in [0, 0.05) is 5.69 Å². The van der Waals surface area contributed by atoms with E-state index in [0.717, 1.165) is 0 Å². The minimum Gasteiger partial charge on any atom is -0.493 e. The zero-order chi connectivity index (χ0) is 14.6. The smallest absolute Gasteiger partial charge is 0.337 e. The summed E-state index contributed by atoms with van der Waals surface area (Å²) in [6.07, 6.45) is 0. The van der Waals surface area contributed by atoms with Gasteiger partial charge in [0.2, 0.25) is 0 Å². The monoisotopic (exact) mass is 287 g/mol. The first-order chi connectivity index (χ1) is 8.74. The predicted octanol–water partition coefficient (Wildman–Crippen LogP) is 1.17. The number of nitrogen functional groups attached to an aromatic ring is 1. The van der Waals surface area contributed by atoms with E-state index in [-0.39, 0.29) is 29.4 Å². The molecule has 0 unspecified atom stereocenters. The lowest BCUT2D eigenvalue weighted by Crippen LogP contribution is -2.22. The first kappa shape index (κ1) is 15.3. The van der Waals surface area contributed by atoms with E-state index < -0.39 is 21.1 Å². The highest BCUT2D eigenvalue weighted by atomic mass is 32.2. The third kappa shape index (κ3) is 4.13. The molecule has 0 radical (unpaired) electrons. The Balaban J connectivity index is 2.70. The quantitative estimate of drug-likeness (QED) is 0.760. The van der Waals surface area contributed by atoms with Crippen LogP contribution >= 0.6 is 0 Å². The molecule has 1 rings (SSSR count). The molecule has 0 aliphatic rings. The minimum atomic E-state index is -3.17. The summed E-state index contributed by atoms with van der Waals surface area (Å²) in [6.45, 7) is 3.17. The molecule has 19 heavy (non-hydrogen) atoms. The summed E-state index contributed by atoms with van der Waals surface area (Å²) in [6, 6.07) is 4.19. The molecule has 0 saturated carbocycles. The number of rotatable bonds is 6. The minimum absolute atomic E-state index is 0.0243. The van der Waals surface area contributed by atoms with Crippen LogP contribution in [-0.4, -0.2) is 37.1 Å². The van der Waals surface area contributed by atoms with Gasteiger partial charge in [0.25, 0.3) is 0 Å². The fourth-order valence-electron chi connectivity index (χ4n) is 1.32. The van der Waals surface area contributed by atoms with Gasteiger partial charge in [-0.05, 0) is 32.0 Å². The van der Waals surface area contributed by atoms with Crippen LogP contribution in [0.1, 0.15) is 24.2 Å². The number of ether oxygens (including phenoxy) is 1. The van der Waals surface area contributed by atoms with E-state index >= 15 is 0 Å². The van der Waals surface area contributed by atoms with E-state index in [1.54, 1.807) is 13.8 Å². The number of aromatic carboxylic acids is 1. The van der Waals surface area contributed by atoms with Gasteiger partial charge in [-0.25, -0.2) is 13.2 Å². The summed E-state index contributed by atoms with van der Waals surface area (Å²) in [5.74, 6) is -0.986. The van der Waals surface area contributed by atoms with Crippen LogP contribution in [0.3, 0.4) is 0 Å². The molecule has 3 N–H and O–H groups in total. The van der Waals surface area contributed by atoms with Crippen LogP contribution in [0.4, 0.5) is 5.69 Å². The number of sulfone groups is 1. The van der Waals surface area contributed by atoms with Crippen molar-refractivity contribution >= 4 is 21.5 Å². The summed E-state index contributed by atoms with van der Waals surface area (Å²) in [4.78, 5) is 10.9. The maximum Gasteiger partial charge on any atom is 0.337 e. The zero-order valence-corrected chi connectivity index (χ0v) is 11.6. The Morgan fingerprint density at radius 3 is 2.58 bits per heavy atom. The fraction of sp³-hybridized carbons (Fsp3) is 0.417. The van der Waals surface area contributed by atoms with Gasteiger partial charge in [0.15, 0.2) is 9.84 Å². The summed E-state index contributed by atoms with van der Waals surface area (Å²) in [5, 5.41) is 8.43. The summed E-state index contributed by atoms with van der Waals surface area (Å²) >= 11 is 0. The Kier molecular flexibility index (Phi) is 4.77. The maximum absolute atomic E-state index is 11.6. The second-order valence-electron chi connectivity index (χ2n) is 4.32. The van der Waals surface area contributed by atoms with E-state index in [0.29, 0.717) is 0 Å². The highest BCUT2D eigenvalue weighted by Crippen LogP contribution is 2.19. The second kappa shape index (κ2) is 5.92. The largest absolute Gasteiger partial charge is 0.493 e. The average Bonchev–Trinajstić information content (AvgIpc) is 2.30. The van der Waals surface area contributed by atoms with Crippen LogP contribution in [-0.2, 0) is 9.84 Å². The van der Waals surface area contributed by atoms with E-state index in [1.807, 2.05) is 0 Å². The molecule has 0 saturated heterocycles. The van der Waals surface area contributed by atoms with E-state index in [2.05, 4.69) is 0 Å². The highest BCUT2D eigenvalue weighted by molar-refractivity contribution is 7.91. The van der Waals surface area contributed by atoms with E-state index in [1.165, 1.54) is 18.2 Å². The standard InChI is InChI=1S/C12H17NO5S/c1-8(2)19(16,17)6-5-18-9-3-4-11(13)10(7-9)12(14)15/h3-4,7-8H,5-6,13H2,1-2H3,(H,14,15). The number of anilines is 1. The maximum atomic E-state index is 11.6. The second-order valence-corrected chi connectivity index (χ2v) is 7.00. The molecule has 1 aromatic carbocycles. The molecule has 7 heteroatoms. The van der Waals surface area contributed by atoms with Gasteiger partial charge in [-0.15, -0.1) is 0 Å². The van der Waals surface area contributed by atoms with E-state index in [4.69, 9.17) is 15.6 Å². The van der Waals surface area contributed by atoms with Crippen molar-refractivity contribution in [2.24, 2.45) is 0 Å². The normalized spacial score (nSPS) is 11.5. The van der Waals surface area contributed by atoms with Gasteiger partial charge in [0.05, 0.1) is 16.6 Å². The molecular weight excluding hydrogens is 270 g/mol. The first-order valence-corrected chi connectivity index (χ1v) is 7.43. The van der Waals surface area contributed by atoms with E-state index in [9.17, 15) is 13.2 Å². The SMILES string of the molecule is CC(C)S(=O)(=O)CCOc1ccc(N)c(C(=O)O)c1. The average molecular weight is 287 g/mol. The number of benzene rings is 1. The van der Waals surface area contributed by atoms with Gasteiger partial charge in [-0.3, -0.25) is 0 Å². The lowest BCUT2D eigenvalue weighted by atomic mass is 10.2. The Hall–Kier alpha value is -1.76. The first-order valence-electron chi connectivity index (χ1n) is 5.71. The van der Waals surface area contributed by atoms with Crippen molar-refractivity contribution in [2.45, 2.75) is 19.1 Å². The van der Waals surface area contributed by atoms with Crippen molar-refractivity contribution in [2.75, 3.05) is 18.1 Å². The highest BCUT2D eigenvalue weighted by Gasteiger charge is 2.16. The van der Waals surface area contributed by atoms with Crippen LogP contribution in [0, 0.1) is 0 Å². The van der Waals surface area contributed by atoms with Gasteiger partial charge in [-0.1, -0.05) is 0 Å². The Morgan fingerprint density at radius 2 is 2.05 bits per heavy atom. The van der Waals surface area contributed by atoms with Crippen LogP contribution < -0.4 is 10.5 Å². The molecule has 0 aromatic heterocycles. The molecule has 0 aliphatic heterocycles. The van der Waals surface area contributed by atoms with Crippen molar-refractivity contribution in [3.8, 4) is 5.75 Å². The molecule has 106 valence electrons. The molecule has 0 amide bonds. The van der Waals surface area contributed by atoms with Crippen molar-refractivity contribution in [1.82, 2.24) is 0 Å². The number of carboxylic acids is 1. The Morgan fingerprint density at radius 1 is 1.42 bits per heavy atom. The third-order valence-corrected chi connectivity index (χ3v) is 4.78. The number of hydrogen-bond acceptors (Lipinski definition) is 5. The topological polar surface area (TPSA) is 107 Å². The molecule has 1 aromatic rings. The predicted molar refractivity (Wildman–Crippen MR) is 72.2 cm³/mol. The van der Waals surface area contributed by atoms with Crippen LogP contribution in [0.15, 0.2) is 18.2 Å². The zero-order valence-electron chi connectivity index (χ0n) is 10.8. The molecule has 0 heterocycles. The Labute approximate surface area is 112 Å².